The Kier molecular flexibility index (Phi) is 6.82. The van der Waals surface area contributed by atoms with E-state index in [1.807, 2.05) is 0 Å². The predicted octanol–water partition coefficient (Wildman–Crippen LogP) is 3.00. The molecule has 0 fully saturated rings. The molecule has 0 aliphatic heterocycles. The van der Waals surface area contributed by atoms with Gasteiger partial charge in [0.15, 0.2) is 6.10 Å². The van der Waals surface area contributed by atoms with Crippen LogP contribution in [0.25, 0.3) is 0 Å². The number of pyridine rings is 1. The molecule has 9 nitrogen and oxygen atoms in total. The summed E-state index contributed by atoms with van der Waals surface area (Å²) in [5.41, 5.74) is -2.28. The Balaban J connectivity index is 2.03. The summed E-state index contributed by atoms with van der Waals surface area (Å²) < 4.78 is 43.5. The average molecular weight is 448 g/mol. The van der Waals surface area contributed by atoms with Gasteiger partial charge >= 0.3 is 12.1 Å². The molecule has 0 saturated carbocycles. The quantitative estimate of drug-likeness (QED) is 0.413. The first-order valence-electron chi connectivity index (χ1n) is 8.10. The molecule has 0 aliphatic carbocycles. The highest BCUT2D eigenvalue weighted by molar-refractivity contribution is 6.34. The minimum absolute atomic E-state index is 0.0178. The molecule has 1 N–H and O–H groups in total. The Morgan fingerprint density at radius 2 is 1.97 bits per heavy atom. The highest BCUT2D eigenvalue weighted by Gasteiger charge is 2.31. The molecule has 1 aromatic carbocycles. The van der Waals surface area contributed by atoms with Crippen molar-refractivity contribution in [2.24, 2.45) is 0 Å². The second-order valence-corrected chi connectivity index (χ2v) is 6.33. The molecule has 1 amide bonds. The van der Waals surface area contributed by atoms with Crippen molar-refractivity contribution in [2.45, 2.75) is 25.7 Å². The third-order valence-corrected chi connectivity index (χ3v) is 4.02. The van der Waals surface area contributed by atoms with E-state index in [0.717, 1.165) is 12.1 Å². The van der Waals surface area contributed by atoms with E-state index >= 15 is 0 Å². The molecule has 0 spiro atoms. The molecule has 160 valence electrons. The molecule has 30 heavy (non-hydrogen) atoms. The lowest BCUT2D eigenvalue weighted by Gasteiger charge is -2.15. The van der Waals surface area contributed by atoms with E-state index in [4.69, 9.17) is 16.3 Å². The maximum absolute atomic E-state index is 12.7. The summed E-state index contributed by atoms with van der Waals surface area (Å²) in [6.07, 6.45) is -5.65. The molecule has 1 atom stereocenters. The second-order valence-electron chi connectivity index (χ2n) is 5.92. The Morgan fingerprint density at radius 1 is 1.30 bits per heavy atom. The van der Waals surface area contributed by atoms with Crippen LogP contribution >= 0.6 is 11.6 Å². The number of non-ortho nitro benzene ring substituents is 1. The zero-order valence-corrected chi connectivity index (χ0v) is 15.9. The van der Waals surface area contributed by atoms with Gasteiger partial charge in [-0.3, -0.25) is 24.5 Å². The van der Waals surface area contributed by atoms with Crippen molar-refractivity contribution in [3.8, 4) is 0 Å². The van der Waals surface area contributed by atoms with Crippen molar-refractivity contribution in [1.82, 2.24) is 4.57 Å². The molecule has 0 bridgehead atoms. The van der Waals surface area contributed by atoms with Crippen LogP contribution in [0.5, 0.6) is 0 Å². The number of anilines is 1. The van der Waals surface area contributed by atoms with Gasteiger partial charge in [-0.2, -0.15) is 13.2 Å². The molecule has 0 aliphatic rings. The van der Waals surface area contributed by atoms with Gasteiger partial charge < -0.3 is 14.6 Å². The third-order valence-electron chi connectivity index (χ3n) is 3.71. The summed E-state index contributed by atoms with van der Waals surface area (Å²) in [5.74, 6) is -1.98. The van der Waals surface area contributed by atoms with Crippen molar-refractivity contribution in [3.05, 3.63) is 67.6 Å². The number of nitro groups is 1. The average Bonchev–Trinajstić information content (AvgIpc) is 2.63. The normalized spacial score (nSPS) is 12.2. The third kappa shape index (κ3) is 5.80. The number of nitro benzene ring substituents is 1. The Bertz CT molecular complexity index is 1050. The van der Waals surface area contributed by atoms with Crippen molar-refractivity contribution in [1.29, 1.82) is 0 Å². The van der Waals surface area contributed by atoms with Gasteiger partial charge in [0.05, 0.1) is 21.2 Å². The number of hydrogen-bond acceptors (Lipinski definition) is 6. The largest absolute Gasteiger partial charge is 0.451 e. The van der Waals surface area contributed by atoms with Crippen LogP contribution in [-0.2, 0) is 27.0 Å². The van der Waals surface area contributed by atoms with E-state index in [9.17, 15) is 37.7 Å². The van der Waals surface area contributed by atoms with E-state index in [1.165, 1.54) is 13.0 Å². The number of hydrogen-bond donors (Lipinski definition) is 1. The highest BCUT2D eigenvalue weighted by Crippen LogP contribution is 2.28. The summed E-state index contributed by atoms with van der Waals surface area (Å²) in [6, 6.07) is 4.51. The van der Waals surface area contributed by atoms with Crippen LogP contribution in [-0.4, -0.2) is 27.5 Å². The molecule has 1 aromatic heterocycles. The van der Waals surface area contributed by atoms with E-state index in [-0.39, 0.29) is 16.4 Å². The van der Waals surface area contributed by atoms with Crippen LogP contribution in [0.15, 0.2) is 41.3 Å². The maximum Gasteiger partial charge on any atom is 0.417 e. The van der Waals surface area contributed by atoms with Crippen LogP contribution < -0.4 is 10.9 Å². The molecule has 13 heteroatoms. The number of ether oxygens (including phenoxy) is 1. The van der Waals surface area contributed by atoms with Gasteiger partial charge in [-0.15, -0.1) is 0 Å². The summed E-state index contributed by atoms with van der Waals surface area (Å²) in [6.45, 7) is 0.333. The van der Waals surface area contributed by atoms with Gasteiger partial charge in [-0.05, 0) is 19.1 Å². The number of benzene rings is 1. The molecule has 2 rings (SSSR count). The summed E-state index contributed by atoms with van der Waals surface area (Å²) >= 11 is 5.85. The van der Waals surface area contributed by atoms with E-state index in [0.29, 0.717) is 22.9 Å². The van der Waals surface area contributed by atoms with Crippen LogP contribution in [0.4, 0.5) is 24.5 Å². The number of amides is 1. The van der Waals surface area contributed by atoms with Gasteiger partial charge in [-0.25, -0.2) is 0 Å². The van der Waals surface area contributed by atoms with Crippen LogP contribution in [0, 0.1) is 10.1 Å². The van der Waals surface area contributed by atoms with Crippen molar-refractivity contribution in [2.75, 3.05) is 5.32 Å². The predicted molar refractivity (Wildman–Crippen MR) is 98.0 cm³/mol. The molecule has 1 heterocycles. The fourth-order valence-electron chi connectivity index (χ4n) is 2.20. The number of carbonyl (C=O) groups excluding carboxylic acids is 2. The van der Waals surface area contributed by atoms with Gasteiger partial charge in [0.1, 0.15) is 6.54 Å². The Labute approximate surface area is 171 Å². The maximum atomic E-state index is 12.7. The fourth-order valence-corrected chi connectivity index (χ4v) is 2.42. The number of halogens is 4. The first-order chi connectivity index (χ1) is 13.9. The smallest absolute Gasteiger partial charge is 0.417 e. The highest BCUT2D eigenvalue weighted by atomic mass is 35.5. The van der Waals surface area contributed by atoms with Crippen LogP contribution in [0.1, 0.15) is 12.5 Å². The zero-order chi connectivity index (χ0) is 22.6. The lowest BCUT2D eigenvalue weighted by atomic mass is 10.2. The topological polar surface area (TPSA) is 121 Å². The number of nitrogens with zero attached hydrogens (tertiary/aromatic N) is 2. The molecule has 1 unspecified atom stereocenters. The number of nitrogens with one attached hydrogen (secondary N) is 1. The standard InChI is InChI=1S/C17H13ClF3N3O6/c1-9(16(27)22-13-4-3-11(24(28)29)6-12(13)18)30-15(26)8-23-7-10(17(19,20)21)2-5-14(23)25/h2-7,9H,8H2,1H3,(H,22,27). The van der Waals surface area contributed by atoms with Crippen molar-refractivity contribution >= 4 is 34.9 Å². The SMILES string of the molecule is CC(OC(=O)Cn1cc(C(F)(F)F)ccc1=O)C(=O)Nc1ccc([N+](=O)[O-])cc1Cl. The fraction of sp³-hybridized carbons (Fsp3) is 0.235. The molecule has 2 aromatic rings. The number of rotatable bonds is 6. The number of aromatic nitrogens is 1. The second kappa shape index (κ2) is 8.95. The van der Waals surface area contributed by atoms with Gasteiger partial charge in [-0.1, -0.05) is 11.6 Å². The van der Waals surface area contributed by atoms with Crippen molar-refractivity contribution in [3.63, 3.8) is 0 Å². The van der Waals surface area contributed by atoms with E-state index < -0.39 is 46.7 Å². The number of alkyl halides is 3. The molecular weight excluding hydrogens is 435 g/mol. The monoisotopic (exact) mass is 447 g/mol. The molecule has 0 radical (unpaired) electrons. The first kappa shape index (κ1) is 22.9. The number of carbonyl (C=O) groups is 2. The first-order valence-corrected chi connectivity index (χ1v) is 8.48. The summed E-state index contributed by atoms with van der Waals surface area (Å²) in [5, 5.41) is 12.8. The Morgan fingerprint density at radius 3 is 2.53 bits per heavy atom. The van der Waals surface area contributed by atoms with Gasteiger partial charge in [0, 0.05) is 24.4 Å². The van der Waals surface area contributed by atoms with E-state index in [2.05, 4.69) is 5.32 Å². The van der Waals surface area contributed by atoms with Gasteiger partial charge in [0.2, 0.25) is 0 Å². The van der Waals surface area contributed by atoms with Crippen LogP contribution in [0.2, 0.25) is 5.02 Å². The minimum Gasteiger partial charge on any atom is -0.451 e. The lowest BCUT2D eigenvalue weighted by Crippen LogP contribution is -2.33. The van der Waals surface area contributed by atoms with Crippen LogP contribution in [0.3, 0.4) is 0 Å². The summed E-state index contributed by atoms with van der Waals surface area (Å²) in [7, 11) is 0. The zero-order valence-electron chi connectivity index (χ0n) is 15.1. The van der Waals surface area contributed by atoms with Gasteiger partial charge in [0.25, 0.3) is 17.2 Å². The summed E-state index contributed by atoms with van der Waals surface area (Å²) in [4.78, 5) is 45.7. The lowest BCUT2D eigenvalue weighted by molar-refractivity contribution is -0.384. The molecular formula is C17H13ClF3N3O6. The molecule has 0 saturated heterocycles. The van der Waals surface area contributed by atoms with Crippen molar-refractivity contribution < 1.29 is 32.4 Å². The number of esters is 1. The minimum atomic E-state index is -4.71. The Hall–Kier alpha value is -3.41. The van der Waals surface area contributed by atoms with E-state index in [1.54, 1.807) is 0 Å².